The van der Waals surface area contributed by atoms with Crippen molar-refractivity contribution >= 4 is 10.1 Å². The van der Waals surface area contributed by atoms with Crippen LogP contribution < -0.4 is 0 Å². The average Bonchev–Trinajstić information content (AvgIpc) is 2.48. The van der Waals surface area contributed by atoms with Gasteiger partial charge in [-0.2, -0.15) is 21.6 Å². The highest BCUT2D eigenvalue weighted by Crippen LogP contribution is 2.20. The highest BCUT2D eigenvalue weighted by Gasteiger charge is 2.44. The van der Waals surface area contributed by atoms with E-state index in [-0.39, 0.29) is 0 Å². The van der Waals surface area contributed by atoms with Gasteiger partial charge in [0.05, 0.1) is 0 Å². The maximum atomic E-state index is 10.7. The van der Waals surface area contributed by atoms with Crippen molar-refractivity contribution in [2.45, 2.75) is 31.4 Å². The summed E-state index contributed by atoms with van der Waals surface area (Å²) in [6, 6.07) is 0. The lowest BCUT2D eigenvalue weighted by molar-refractivity contribution is -0.0510. The van der Waals surface area contributed by atoms with E-state index in [1.165, 1.54) is 12.8 Å². The molecule has 0 aromatic carbocycles. The maximum Gasteiger partial charge on any atom is 0.522 e. The molecule has 0 saturated carbocycles. The Morgan fingerprint density at radius 1 is 1.22 bits per heavy atom. The zero-order valence-electron chi connectivity index (χ0n) is 10.3. The van der Waals surface area contributed by atoms with Crippen molar-refractivity contribution in [3.05, 3.63) is 12.4 Å². The van der Waals surface area contributed by atoms with Crippen molar-refractivity contribution in [3.8, 4) is 0 Å². The van der Waals surface area contributed by atoms with E-state index in [2.05, 4.69) is 43.2 Å². The number of halogens is 3. The summed E-state index contributed by atoms with van der Waals surface area (Å²) in [6.45, 7) is 2.22. The van der Waals surface area contributed by atoms with Crippen LogP contribution in [-0.4, -0.2) is 48.5 Å². The van der Waals surface area contributed by atoms with Crippen molar-refractivity contribution < 1.29 is 26.1 Å². The molecule has 1 rings (SSSR count). The van der Waals surface area contributed by atoms with Gasteiger partial charge in [0.2, 0.25) is 0 Å². The van der Waals surface area contributed by atoms with Crippen LogP contribution in [0.15, 0.2) is 12.4 Å². The van der Waals surface area contributed by atoms with Crippen molar-refractivity contribution in [1.82, 2.24) is 9.80 Å². The van der Waals surface area contributed by atoms with E-state index < -0.39 is 15.6 Å². The van der Waals surface area contributed by atoms with Gasteiger partial charge in [0.15, 0.2) is 0 Å². The SMILES string of the molecule is CCCC1N(C)C=CN1C.O=S(=O)(O)C(F)(F)F. The molecule has 0 unspecified atom stereocenters. The fraction of sp³-hybridized carbons (Fsp3) is 0.778. The smallest absolute Gasteiger partial charge is 0.359 e. The van der Waals surface area contributed by atoms with Gasteiger partial charge in [0.1, 0.15) is 6.17 Å². The first-order valence-electron chi connectivity index (χ1n) is 5.16. The molecule has 0 aromatic heterocycles. The second kappa shape index (κ2) is 6.28. The minimum absolute atomic E-state index is 0.602. The summed E-state index contributed by atoms with van der Waals surface area (Å²) >= 11 is 0. The third-order valence-electron chi connectivity index (χ3n) is 2.32. The minimum Gasteiger partial charge on any atom is -0.359 e. The van der Waals surface area contributed by atoms with E-state index in [4.69, 9.17) is 13.0 Å². The minimum atomic E-state index is -5.84. The van der Waals surface area contributed by atoms with E-state index in [0.717, 1.165) is 0 Å². The molecular weight excluding hydrogens is 273 g/mol. The van der Waals surface area contributed by atoms with E-state index in [9.17, 15) is 13.2 Å². The van der Waals surface area contributed by atoms with Crippen molar-refractivity contribution in [1.29, 1.82) is 0 Å². The summed E-state index contributed by atoms with van der Waals surface area (Å²) in [4.78, 5) is 4.51. The normalized spacial score (nSPS) is 16.8. The Kier molecular flexibility index (Phi) is 5.94. The van der Waals surface area contributed by atoms with E-state index >= 15 is 0 Å². The molecule has 108 valence electrons. The molecule has 0 spiro atoms. The Balaban J connectivity index is 0.000000331. The molecule has 1 heterocycles. The number of alkyl halides is 3. The van der Waals surface area contributed by atoms with Gasteiger partial charge in [-0.25, -0.2) is 0 Å². The summed E-state index contributed by atoms with van der Waals surface area (Å²) in [5.74, 6) is 0. The summed E-state index contributed by atoms with van der Waals surface area (Å²) in [6.07, 6.45) is 7.35. The van der Waals surface area contributed by atoms with Crippen molar-refractivity contribution in [2.24, 2.45) is 0 Å². The third-order valence-corrected chi connectivity index (χ3v) is 2.90. The van der Waals surface area contributed by atoms with Gasteiger partial charge in [0.25, 0.3) is 0 Å². The monoisotopic (exact) mass is 290 g/mol. The molecule has 0 bridgehead atoms. The Morgan fingerprint density at radius 2 is 1.56 bits per heavy atom. The standard InChI is InChI=1S/C8H16N2.CHF3O3S/c1-4-5-8-9(2)6-7-10(8)3;2-1(3,4)8(5,6)7/h6-8H,4-5H2,1-3H3;(H,5,6,7). The maximum absolute atomic E-state index is 10.7. The predicted molar refractivity (Wildman–Crippen MR) is 61.0 cm³/mol. The summed E-state index contributed by atoms with van der Waals surface area (Å²) in [7, 11) is -1.59. The molecule has 5 nitrogen and oxygen atoms in total. The molecule has 1 aliphatic rings. The molecule has 1 aliphatic heterocycles. The number of nitrogens with zero attached hydrogens (tertiary/aromatic N) is 2. The molecule has 0 aliphatic carbocycles. The van der Waals surface area contributed by atoms with Gasteiger partial charge in [-0.3, -0.25) is 4.55 Å². The second-order valence-electron chi connectivity index (χ2n) is 3.82. The molecule has 0 fully saturated rings. The van der Waals surface area contributed by atoms with Gasteiger partial charge >= 0.3 is 15.6 Å². The van der Waals surface area contributed by atoms with Crippen LogP contribution >= 0.6 is 0 Å². The molecule has 1 N–H and O–H groups in total. The Bertz CT molecular complexity index is 369. The molecule has 0 atom stereocenters. The van der Waals surface area contributed by atoms with Gasteiger partial charge in [-0.15, -0.1) is 0 Å². The van der Waals surface area contributed by atoms with Gasteiger partial charge in [-0.1, -0.05) is 13.3 Å². The van der Waals surface area contributed by atoms with E-state index in [1.54, 1.807) is 0 Å². The summed E-state index contributed by atoms with van der Waals surface area (Å²) < 4.78 is 57.5. The quantitative estimate of drug-likeness (QED) is 0.621. The topological polar surface area (TPSA) is 60.9 Å². The number of rotatable bonds is 2. The first-order valence-corrected chi connectivity index (χ1v) is 6.60. The first kappa shape index (κ1) is 17.0. The number of hydrogen-bond donors (Lipinski definition) is 1. The van der Waals surface area contributed by atoms with Gasteiger partial charge in [0, 0.05) is 26.5 Å². The van der Waals surface area contributed by atoms with Crippen molar-refractivity contribution in [3.63, 3.8) is 0 Å². The second-order valence-corrected chi connectivity index (χ2v) is 5.23. The molecule has 0 amide bonds. The van der Waals surface area contributed by atoms with E-state index in [0.29, 0.717) is 6.17 Å². The first-order chi connectivity index (χ1) is 8.00. The molecule has 0 saturated heterocycles. The molecular formula is C9H17F3N2O3S. The average molecular weight is 290 g/mol. The largest absolute Gasteiger partial charge is 0.522 e. The lowest BCUT2D eigenvalue weighted by Crippen LogP contribution is -2.33. The highest BCUT2D eigenvalue weighted by molar-refractivity contribution is 7.86. The highest BCUT2D eigenvalue weighted by atomic mass is 32.2. The van der Waals surface area contributed by atoms with Crippen LogP contribution in [0.1, 0.15) is 19.8 Å². The summed E-state index contributed by atoms with van der Waals surface area (Å²) in [5, 5.41) is 0. The van der Waals surface area contributed by atoms with Gasteiger partial charge < -0.3 is 9.80 Å². The molecule has 9 heteroatoms. The Hall–Kier alpha value is -0.960. The van der Waals surface area contributed by atoms with E-state index in [1.807, 2.05) is 0 Å². The lowest BCUT2D eigenvalue weighted by atomic mass is 10.2. The summed E-state index contributed by atoms with van der Waals surface area (Å²) in [5.41, 5.74) is -5.53. The van der Waals surface area contributed by atoms with Crippen molar-refractivity contribution in [2.75, 3.05) is 14.1 Å². The zero-order valence-corrected chi connectivity index (χ0v) is 11.2. The van der Waals surface area contributed by atoms with Gasteiger partial charge in [-0.05, 0) is 6.42 Å². The van der Waals surface area contributed by atoms with Crippen LogP contribution in [0.4, 0.5) is 13.2 Å². The van der Waals surface area contributed by atoms with Crippen LogP contribution in [-0.2, 0) is 10.1 Å². The third kappa shape index (κ3) is 5.13. The van der Waals surface area contributed by atoms with Crippen LogP contribution in [0.2, 0.25) is 0 Å². The Morgan fingerprint density at radius 3 is 1.78 bits per heavy atom. The fourth-order valence-electron chi connectivity index (χ4n) is 1.36. The lowest BCUT2D eigenvalue weighted by Gasteiger charge is -2.26. The van der Waals surface area contributed by atoms with Crippen LogP contribution in [0.5, 0.6) is 0 Å². The zero-order chi connectivity index (χ0) is 14.6. The molecule has 0 aromatic rings. The van der Waals surface area contributed by atoms with Crippen LogP contribution in [0.3, 0.4) is 0 Å². The van der Waals surface area contributed by atoms with Crippen LogP contribution in [0, 0.1) is 0 Å². The Labute approximate surface area is 105 Å². The molecule has 18 heavy (non-hydrogen) atoms. The fourth-order valence-corrected chi connectivity index (χ4v) is 1.36. The van der Waals surface area contributed by atoms with Crippen LogP contribution in [0.25, 0.3) is 0 Å². The number of hydrogen-bond acceptors (Lipinski definition) is 4. The predicted octanol–water partition coefficient (Wildman–Crippen LogP) is 1.86. The molecule has 0 radical (unpaired) electrons.